The van der Waals surface area contributed by atoms with E-state index in [0.717, 1.165) is 36.8 Å². The quantitative estimate of drug-likeness (QED) is 0.493. The van der Waals surface area contributed by atoms with E-state index in [2.05, 4.69) is 10.2 Å². The molecule has 0 spiro atoms. The molecule has 0 radical (unpaired) electrons. The second-order valence-electron chi connectivity index (χ2n) is 10.1. The number of anilines is 1. The third-order valence-electron chi connectivity index (χ3n) is 7.63. The van der Waals surface area contributed by atoms with Gasteiger partial charge in [-0.15, -0.1) is 5.10 Å². The van der Waals surface area contributed by atoms with Gasteiger partial charge in [0.15, 0.2) is 5.65 Å². The molecule has 39 heavy (non-hydrogen) atoms. The van der Waals surface area contributed by atoms with E-state index in [1.807, 2.05) is 24.9 Å². The van der Waals surface area contributed by atoms with E-state index >= 15 is 0 Å². The number of hydrogen-bond donors (Lipinski definition) is 1. The average Bonchev–Trinajstić information content (AvgIpc) is 3.47. The van der Waals surface area contributed by atoms with E-state index < -0.39 is 11.7 Å². The molecule has 1 atom stereocenters. The van der Waals surface area contributed by atoms with Gasteiger partial charge in [0.2, 0.25) is 5.91 Å². The van der Waals surface area contributed by atoms with Crippen LogP contribution in [-0.2, 0) is 28.7 Å². The first kappa shape index (κ1) is 29.2. The van der Waals surface area contributed by atoms with Gasteiger partial charge in [-0.2, -0.15) is 26.7 Å². The van der Waals surface area contributed by atoms with Gasteiger partial charge in [0.1, 0.15) is 5.82 Å². The molecular formula is C27H35F3N6O2S. The Balaban J connectivity index is 0.00000353. The van der Waals surface area contributed by atoms with Crippen LogP contribution in [0, 0.1) is 13.8 Å². The van der Waals surface area contributed by atoms with Gasteiger partial charge in [-0.1, -0.05) is 12.1 Å². The van der Waals surface area contributed by atoms with Crippen LogP contribution >= 0.6 is 13.5 Å². The Kier molecular flexibility index (Phi) is 8.77. The molecule has 1 amide bonds. The maximum atomic E-state index is 13.6. The Morgan fingerprint density at radius 3 is 2.59 bits per heavy atom. The van der Waals surface area contributed by atoms with E-state index in [-0.39, 0.29) is 44.0 Å². The van der Waals surface area contributed by atoms with Crippen LogP contribution in [0.3, 0.4) is 0 Å². The molecule has 1 N–H and O–H groups in total. The van der Waals surface area contributed by atoms with Crippen LogP contribution in [-0.4, -0.2) is 71.3 Å². The molecule has 2 aromatic heterocycles. The molecule has 212 valence electrons. The van der Waals surface area contributed by atoms with Crippen molar-refractivity contribution >= 4 is 30.9 Å². The number of amides is 1. The number of likely N-dealkylation sites (tertiary alicyclic amines) is 1. The van der Waals surface area contributed by atoms with Gasteiger partial charge in [0.25, 0.3) is 0 Å². The Morgan fingerprint density at radius 2 is 1.92 bits per heavy atom. The number of nitrogens with one attached hydrogen (secondary N) is 1. The van der Waals surface area contributed by atoms with Gasteiger partial charge < -0.3 is 15.0 Å². The lowest BCUT2D eigenvalue weighted by atomic mass is 9.98. The molecular weight excluding hydrogens is 529 g/mol. The number of likely N-dealkylation sites (N-methyl/N-ethyl adjacent to an activating group) is 1. The van der Waals surface area contributed by atoms with Crippen LogP contribution in [0.4, 0.5) is 19.0 Å². The zero-order valence-electron chi connectivity index (χ0n) is 22.4. The molecule has 4 heterocycles. The highest BCUT2D eigenvalue weighted by atomic mass is 32.1. The summed E-state index contributed by atoms with van der Waals surface area (Å²) in [6.45, 7) is 7.10. The summed E-state index contributed by atoms with van der Waals surface area (Å²) in [5, 5.41) is 7.89. The first-order valence-electron chi connectivity index (χ1n) is 13.0. The summed E-state index contributed by atoms with van der Waals surface area (Å²) in [5.74, 6) is 0.697. The summed E-state index contributed by atoms with van der Waals surface area (Å²) in [6, 6.07) is 6.03. The first-order valence-corrected chi connectivity index (χ1v) is 13.0. The fraction of sp³-hybridized carbons (Fsp3) is 0.519. The molecule has 0 unspecified atom stereocenters. The number of halogens is 3. The number of morpholine rings is 1. The van der Waals surface area contributed by atoms with Gasteiger partial charge >= 0.3 is 6.18 Å². The summed E-state index contributed by atoms with van der Waals surface area (Å²) < 4.78 is 48.1. The maximum absolute atomic E-state index is 13.6. The molecule has 12 heteroatoms. The summed E-state index contributed by atoms with van der Waals surface area (Å²) in [6.07, 6.45) is -2.48. The van der Waals surface area contributed by atoms with Crippen molar-refractivity contribution in [2.24, 2.45) is 0 Å². The van der Waals surface area contributed by atoms with Crippen LogP contribution in [0.5, 0.6) is 0 Å². The lowest BCUT2D eigenvalue weighted by Crippen LogP contribution is -2.41. The van der Waals surface area contributed by atoms with Crippen molar-refractivity contribution in [3.05, 3.63) is 57.9 Å². The number of rotatable bonds is 6. The van der Waals surface area contributed by atoms with E-state index in [1.54, 1.807) is 10.6 Å². The Labute approximate surface area is 233 Å². The number of ether oxygens (including phenoxy) is 1. The normalized spacial score (nSPS) is 18.4. The van der Waals surface area contributed by atoms with E-state index in [1.165, 1.54) is 13.0 Å². The van der Waals surface area contributed by atoms with Gasteiger partial charge in [-0.3, -0.25) is 9.69 Å². The maximum Gasteiger partial charge on any atom is 0.416 e. The monoisotopic (exact) mass is 564 g/mol. The summed E-state index contributed by atoms with van der Waals surface area (Å²) in [7, 11) is 1.93. The van der Waals surface area contributed by atoms with Crippen LogP contribution < -0.4 is 10.2 Å². The molecule has 2 aliphatic rings. The zero-order valence-corrected chi connectivity index (χ0v) is 23.4. The summed E-state index contributed by atoms with van der Waals surface area (Å²) >= 11 is 0. The van der Waals surface area contributed by atoms with Gasteiger partial charge in [0.05, 0.1) is 42.8 Å². The van der Waals surface area contributed by atoms with Crippen molar-refractivity contribution < 1.29 is 22.7 Å². The number of carbonyl (C=O) groups is 1. The highest BCUT2D eigenvalue weighted by molar-refractivity contribution is 7.59. The summed E-state index contributed by atoms with van der Waals surface area (Å²) in [4.78, 5) is 21.9. The zero-order chi connectivity index (χ0) is 27.0. The third kappa shape index (κ3) is 6.02. The number of aromatic nitrogens is 3. The predicted molar refractivity (Wildman–Crippen MR) is 148 cm³/mol. The Morgan fingerprint density at radius 1 is 1.18 bits per heavy atom. The van der Waals surface area contributed by atoms with Crippen LogP contribution in [0.1, 0.15) is 46.5 Å². The number of fused-ring (bicyclic) bond motifs is 1. The van der Waals surface area contributed by atoms with Crippen molar-refractivity contribution in [2.75, 3.05) is 44.8 Å². The van der Waals surface area contributed by atoms with Gasteiger partial charge in [0, 0.05) is 19.5 Å². The molecule has 3 aromatic rings. The number of benzene rings is 1. The standard InChI is InChI=1S/C27H33F3N6O2.H2S/c1-17-14-24(35-10-12-38-13-11-35)33-36-23(15-19-6-4-7-20(18(19)2)27(28,29)30)21(32-25(17)36)16-31-26(37)22-8-5-9-34(22)3;/h4,6-7,14,22H,5,8-13,15-16H2,1-3H3,(H,31,37);1H2/t22-;/m0./s1. The highest BCUT2D eigenvalue weighted by Crippen LogP contribution is 2.34. The van der Waals surface area contributed by atoms with Crippen molar-refractivity contribution in [1.29, 1.82) is 0 Å². The largest absolute Gasteiger partial charge is 0.416 e. The SMILES string of the molecule is Cc1c(Cc2c(CNC(=O)[C@@H]3CCCN3C)nc3c(C)cc(N4CCOCC4)nn23)cccc1C(F)(F)F.S. The lowest BCUT2D eigenvalue weighted by Gasteiger charge is -2.28. The summed E-state index contributed by atoms with van der Waals surface area (Å²) in [5.41, 5.74) is 2.87. The predicted octanol–water partition coefficient (Wildman–Crippen LogP) is 3.62. The van der Waals surface area contributed by atoms with E-state index in [0.29, 0.717) is 48.9 Å². The van der Waals surface area contributed by atoms with Crippen molar-refractivity contribution in [1.82, 2.24) is 24.8 Å². The smallest absolute Gasteiger partial charge is 0.378 e. The molecule has 0 aliphatic carbocycles. The number of alkyl halides is 3. The van der Waals surface area contributed by atoms with E-state index in [4.69, 9.17) is 14.8 Å². The molecule has 2 aliphatic heterocycles. The number of carbonyl (C=O) groups excluding carboxylic acids is 1. The Bertz CT molecular complexity index is 1340. The molecule has 5 rings (SSSR count). The Hall–Kier alpha value is -2.83. The van der Waals surface area contributed by atoms with Gasteiger partial charge in [-0.05, 0) is 69.1 Å². The van der Waals surface area contributed by atoms with Crippen molar-refractivity contribution in [2.45, 2.75) is 51.9 Å². The minimum absolute atomic E-state index is 0. The molecule has 0 bridgehead atoms. The molecule has 1 aromatic carbocycles. The number of aryl methyl sites for hydroxylation is 1. The van der Waals surface area contributed by atoms with Crippen molar-refractivity contribution in [3.8, 4) is 0 Å². The molecule has 2 fully saturated rings. The fourth-order valence-corrected chi connectivity index (χ4v) is 5.40. The second-order valence-corrected chi connectivity index (χ2v) is 10.1. The van der Waals surface area contributed by atoms with Crippen LogP contribution in [0.2, 0.25) is 0 Å². The topological polar surface area (TPSA) is 75.0 Å². The second kappa shape index (κ2) is 11.7. The number of hydrogen-bond acceptors (Lipinski definition) is 6. The average molecular weight is 565 g/mol. The van der Waals surface area contributed by atoms with Gasteiger partial charge in [-0.25, -0.2) is 9.50 Å². The van der Waals surface area contributed by atoms with Crippen LogP contribution in [0.15, 0.2) is 24.3 Å². The van der Waals surface area contributed by atoms with Crippen molar-refractivity contribution in [3.63, 3.8) is 0 Å². The molecule has 8 nitrogen and oxygen atoms in total. The minimum atomic E-state index is -4.44. The number of imidazole rings is 1. The highest BCUT2D eigenvalue weighted by Gasteiger charge is 2.33. The molecule has 2 saturated heterocycles. The first-order chi connectivity index (χ1) is 18.1. The lowest BCUT2D eigenvalue weighted by molar-refractivity contribution is -0.138. The molecule has 0 saturated carbocycles. The van der Waals surface area contributed by atoms with E-state index in [9.17, 15) is 18.0 Å². The third-order valence-corrected chi connectivity index (χ3v) is 7.63. The fourth-order valence-electron chi connectivity index (χ4n) is 5.40. The number of nitrogens with zero attached hydrogens (tertiary/aromatic N) is 5. The minimum Gasteiger partial charge on any atom is -0.378 e. The van der Waals surface area contributed by atoms with Crippen LogP contribution in [0.25, 0.3) is 5.65 Å².